The van der Waals surface area contributed by atoms with Crippen LogP contribution >= 0.6 is 0 Å². The van der Waals surface area contributed by atoms with E-state index in [0.29, 0.717) is 26.1 Å². The highest BCUT2D eigenvalue weighted by Gasteiger charge is 2.22. The SMILES string of the molecule is CCCN(CCC(=O)N1CCc2ccccc2C1)C(=O)Nc1ccc(C)cc1. The Bertz CT molecular complexity index is 817. The van der Waals surface area contributed by atoms with E-state index in [0.717, 1.165) is 30.6 Å². The summed E-state index contributed by atoms with van der Waals surface area (Å²) in [5, 5.41) is 2.93. The lowest BCUT2D eigenvalue weighted by Crippen LogP contribution is -2.41. The van der Waals surface area contributed by atoms with Crippen LogP contribution in [0.3, 0.4) is 0 Å². The smallest absolute Gasteiger partial charge is 0.321 e. The molecule has 0 radical (unpaired) electrons. The van der Waals surface area contributed by atoms with Crippen molar-refractivity contribution >= 4 is 17.6 Å². The number of hydrogen-bond donors (Lipinski definition) is 1. The molecule has 28 heavy (non-hydrogen) atoms. The summed E-state index contributed by atoms with van der Waals surface area (Å²) in [6, 6.07) is 15.9. The lowest BCUT2D eigenvalue weighted by atomic mass is 10.00. The maximum absolute atomic E-state index is 12.7. The summed E-state index contributed by atoms with van der Waals surface area (Å²) in [5.41, 5.74) is 4.48. The molecule has 1 N–H and O–H groups in total. The van der Waals surface area contributed by atoms with Crippen LogP contribution in [0.1, 0.15) is 36.5 Å². The van der Waals surface area contributed by atoms with Crippen LogP contribution in [0.15, 0.2) is 48.5 Å². The molecule has 148 valence electrons. The van der Waals surface area contributed by atoms with Crippen LogP contribution < -0.4 is 5.32 Å². The minimum atomic E-state index is -0.150. The van der Waals surface area contributed by atoms with E-state index in [9.17, 15) is 9.59 Å². The van der Waals surface area contributed by atoms with E-state index in [2.05, 4.69) is 17.4 Å². The molecule has 0 spiro atoms. The first-order chi connectivity index (χ1) is 13.6. The zero-order valence-electron chi connectivity index (χ0n) is 16.8. The van der Waals surface area contributed by atoms with Gasteiger partial charge in [-0.05, 0) is 43.0 Å². The molecule has 5 heteroatoms. The van der Waals surface area contributed by atoms with Crippen molar-refractivity contribution in [1.29, 1.82) is 0 Å². The lowest BCUT2D eigenvalue weighted by Gasteiger charge is -2.30. The molecule has 0 saturated carbocycles. The van der Waals surface area contributed by atoms with E-state index < -0.39 is 0 Å². The minimum absolute atomic E-state index is 0.110. The van der Waals surface area contributed by atoms with Crippen molar-refractivity contribution in [3.8, 4) is 0 Å². The molecule has 3 amide bonds. The molecule has 0 atom stereocenters. The number of nitrogens with one attached hydrogen (secondary N) is 1. The van der Waals surface area contributed by atoms with Gasteiger partial charge in [-0.15, -0.1) is 0 Å². The quantitative estimate of drug-likeness (QED) is 0.817. The van der Waals surface area contributed by atoms with E-state index in [-0.39, 0.29) is 11.9 Å². The van der Waals surface area contributed by atoms with Gasteiger partial charge in [0.25, 0.3) is 0 Å². The van der Waals surface area contributed by atoms with Crippen LogP contribution in [-0.2, 0) is 17.8 Å². The number of carbonyl (C=O) groups is 2. The minimum Gasteiger partial charge on any atom is -0.338 e. The molecule has 0 unspecified atom stereocenters. The molecule has 0 aliphatic carbocycles. The van der Waals surface area contributed by atoms with E-state index in [4.69, 9.17) is 0 Å². The van der Waals surface area contributed by atoms with Gasteiger partial charge in [-0.3, -0.25) is 4.79 Å². The van der Waals surface area contributed by atoms with Crippen molar-refractivity contribution in [2.45, 2.75) is 39.7 Å². The fourth-order valence-electron chi connectivity index (χ4n) is 3.52. The van der Waals surface area contributed by atoms with Crippen LogP contribution in [0, 0.1) is 6.92 Å². The summed E-state index contributed by atoms with van der Waals surface area (Å²) in [4.78, 5) is 29.0. The van der Waals surface area contributed by atoms with Gasteiger partial charge in [0.05, 0.1) is 0 Å². The molecule has 1 aliphatic heterocycles. The van der Waals surface area contributed by atoms with Crippen LogP contribution in [0.25, 0.3) is 0 Å². The Morgan fingerprint density at radius 2 is 1.75 bits per heavy atom. The molecule has 5 nitrogen and oxygen atoms in total. The van der Waals surface area contributed by atoms with Crippen molar-refractivity contribution in [2.75, 3.05) is 25.0 Å². The number of fused-ring (bicyclic) bond motifs is 1. The Morgan fingerprint density at radius 3 is 2.46 bits per heavy atom. The third-order valence-electron chi connectivity index (χ3n) is 5.16. The van der Waals surface area contributed by atoms with Gasteiger partial charge in [-0.1, -0.05) is 48.9 Å². The fraction of sp³-hybridized carbons (Fsp3) is 0.391. The summed E-state index contributed by atoms with van der Waals surface area (Å²) in [6.07, 6.45) is 2.10. The molecule has 1 aliphatic rings. The number of amides is 3. The maximum atomic E-state index is 12.7. The Labute approximate surface area is 167 Å². The van der Waals surface area contributed by atoms with Gasteiger partial charge in [0.15, 0.2) is 0 Å². The molecule has 2 aromatic carbocycles. The number of rotatable bonds is 6. The Morgan fingerprint density at radius 1 is 1.04 bits per heavy atom. The van der Waals surface area contributed by atoms with Gasteiger partial charge in [0, 0.05) is 38.3 Å². The summed E-state index contributed by atoms with van der Waals surface area (Å²) in [6.45, 7) is 6.53. The van der Waals surface area contributed by atoms with E-state index >= 15 is 0 Å². The van der Waals surface area contributed by atoms with E-state index in [1.165, 1.54) is 11.1 Å². The summed E-state index contributed by atoms with van der Waals surface area (Å²) in [5.74, 6) is 0.110. The zero-order valence-corrected chi connectivity index (χ0v) is 16.8. The standard InChI is InChI=1S/C23H29N3O2/c1-3-14-25(23(28)24-21-10-8-18(2)9-11-21)16-13-22(27)26-15-12-19-6-4-5-7-20(19)17-26/h4-11H,3,12-17H2,1-2H3,(H,24,28). The second kappa shape index (κ2) is 9.40. The Kier molecular flexibility index (Phi) is 6.69. The van der Waals surface area contributed by atoms with Crippen LogP contribution in [-0.4, -0.2) is 41.4 Å². The van der Waals surface area contributed by atoms with Gasteiger partial charge in [-0.25, -0.2) is 4.79 Å². The molecule has 1 heterocycles. The summed E-state index contributed by atoms with van der Waals surface area (Å²) >= 11 is 0. The monoisotopic (exact) mass is 379 g/mol. The molecule has 3 rings (SSSR count). The number of anilines is 1. The molecular weight excluding hydrogens is 350 g/mol. The Balaban J connectivity index is 1.54. The summed E-state index contributed by atoms with van der Waals surface area (Å²) in [7, 11) is 0. The lowest BCUT2D eigenvalue weighted by molar-refractivity contribution is -0.132. The maximum Gasteiger partial charge on any atom is 0.321 e. The van der Waals surface area contributed by atoms with Gasteiger partial charge in [0.1, 0.15) is 0 Å². The first-order valence-electron chi connectivity index (χ1n) is 10.0. The van der Waals surface area contributed by atoms with Crippen molar-refractivity contribution in [3.63, 3.8) is 0 Å². The highest BCUT2D eigenvalue weighted by molar-refractivity contribution is 5.89. The Hall–Kier alpha value is -2.82. The number of aryl methyl sites for hydroxylation is 1. The molecule has 0 aromatic heterocycles. The fourth-order valence-corrected chi connectivity index (χ4v) is 3.52. The number of nitrogens with zero attached hydrogens (tertiary/aromatic N) is 2. The second-order valence-corrected chi connectivity index (χ2v) is 7.37. The molecule has 2 aromatic rings. The van der Waals surface area contributed by atoms with Gasteiger partial charge < -0.3 is 15.1 Å². The van der Waals surface area contributed by atoms with Crippen molar-refractivity contribution < 1.29 is 9.59 Å². The molecule has 0 bridgehead atoms. The third kappa shape index (κ3) is 5.12. The van der Waals surface area contributed by atoms with Crippen molar-refractivity contribution in [1.82, 2.24) is 9.80 Å². The second-order valence-electron chi connectivity index (χ2n) is 7.37. The zero-order chi connectivity index (χ0) is 19.9. The topological polar surface area (TPSA) is 52.7 Å². The van der Waals surface area contributed by atoms with Gasteiger partial charge >= 0.3 is 6.03 Å². The number of carbonyl (C=O) groups excluding carboxylic acids is 2. The third-order valence-corrected chi connectivity index (χ3v) is 5.16. The molecular formula is C23H29N3O2. The predicted octanol–water partition coefficient (Wildman–Crippen LogP) is 4.21. The van der Waals surface area contributed by atoms with Gasteiger partial charge in [-0.2, -0.15) is 0 Å². The summed E-state index contributed by atoms with van der Waals surface area (Å²) < 4.78 is 0. The van der Waals surface area contributed by atoms with Gasteiger partial charge in [0.2, 0.25) is 5.91 Å². The highest BCUT2D eigenvalue weighted by atomic mass is 16.2. The van der Waals surface area contributed by atoms with Crippen LogP contribution in [0.4, 0.5) is 10.5 Å². The largest absolute Gasteiger partial charge is 0.338 e. The van der Waals surface area contributed by atoms with Crippen molar-refractivity contribution in [2.24, 2.45) is 0 Å². The first kappa shape index (κ1) is 19.9. The average molecular weight is 380 g/mol. The molecule has 0 fully saturated rings. The van der Waals surface area contributed by atoms with Crippen molar-refractivity contribution in [3.05, 3.63) is 65.2 Å². The highest BCUT2D eigenvalue weighted by Crippen LogP contribution is 2.19. The average Bonchev–Trinajstić information content (AvgIpc) is 2.72. The molecule has 0 saturated heterocycles. The van der Waals surface area contributed by atoms with Crippen LogP contribution in [0.5, 0.6) is 0 Å². The number of urea groups is 1. The first-order valence-corrected chi connectivity index (χ1v) is 10.0. The number of hydrogen-bond acceptors (Lipinski definition) is 2. The van der Waals surface area contributed by atoms with Crippen LogP contribution in [0.2, 0.25) is 0 Å². The normalized spacial score (nSPS) is 13.0. The predicted molar refractivity (Wildman–Crippen MR) is 112 cm³/mol. The number of benzene rings is 2. The van der Waals surface area contributed by atoms with E-state index in [1.807, 2.05) is 55.1 Å². The van der Waals surface area contributed by atoms with E-state index in [1.54, 1.807) is 4.90 Å².